The molecule has 0 bridgehead atoms. The minimum Gasteiger partial charge on any atom is -0.339 e. The first-order valence-electron chi connectivity index (χ1n) is 8.77. The van der Waals surface area contributed by atoms with Crippen LogP contribution in [0.3, 0.4) is 0 Å². The number of urea groups is 1. The van der Waals surface area contributed by atoms with Crippen LogP contribution in [0.25, 0.3) is 0 Å². The molecule has 132 valence electrons. The van der Waals surface area contributed by atoms with Crippen LogP contribution in [-0.4, -0.2) is 34.2 Å². The van der Waals surface area contributed by atoms with Crippen molar-refractivity contribution in [3.63, 3.8) is 0 Å². The molecule has 0 radical (unpaired) electrons. The Kier molecular flexibility index (Phi) is 4.38. The summed E-state index contributed by atoms with van der Waals surface area (Å²) >= 11 is 0. The third-order valence-corrected chi connectivity index (χ3v) is 4.81. The van der Waals surface area contributed by atoms with E-state index in [0.717, 1.165) is 49.5 Å². The number of hydrogen-bond acceptors (Lipinski definition) is 4. The van der Waals surface area contributed by atoms with E-state index in [-0.39, 0.29) is 11.8 Å². The van der Waals surface area contributed by atoms with Crippen LogP contribution in [0.15, 0.2) is 28.8 Å². The van der Waals surface area contributed by atoms with Crippen molar-refractivity contribution in [3.05, 3.63) is 47.4 Å². The molecule has 1 aliphatic heterocycles. The number of halogens is 1. The molecule has 2 amide bonds. The van der Waals surface area contributed by atoms with E-state index in [0.29, 0.717) is 24.9 Å². The summed E-state index contributed by atoms with van der Waals surface area (Å²) in [5.41, 5.74) is 0.880. The molecule has 4 rings (SSSR count). The number of likely N-dealkylation sites (tertiary alicyclic amines) is 1. The van der Waals surface area contributed by atoms with E-state index in [2.05, 4.69) is 15.5 Å². The maximum absolute atomic E-state index is 12.9. The first kappa shape index (κ1) is 16.1. The Labute approximate surface area is 145 Å². The Morgan fingerprint density at radius 3 is 2.84 bits per heavy atom. The summed E-state index contributed by atoms with van der Waals surface area (Å²) in [4.78, 5) is 18.6. The molecule has 25 heavy (non-hydrogen) atoms. The van der Waals surface area contributed by atoms with Crippen LogP contribution in [0.1, 0.15) is 42.5 Å². The second-order valence-corrected chi connectivity index (χ2v) is 6.91. The van der Waals surface area contributed by atoms with Crippen molar-refractivity contribution in [1.29, 1.82) is 0 Å². The molecule has 2 heterocycles. The molecule has 1 saturated carbocycles. The van der Waals surface area contributed by atoms with Crippen LogP contribution in [0, 0.1) is 11.7 Å². The number of carbonyl (C=O) groups is 1. The van der Waals surface area contributed by atoms with Gasteiger partial charge in [-0.3, -0.25) is 0 Å². The van der Waals surface area contributed by atoms with Gasteiger partial charge in [0.2, 0.25) is 5.89 Å². The lowest BCUT2D eigenvalue weighted by Gasteiger charge is -2.17. The average molecular weight is 344 g/mol. The van der Waals surface area contributed by atoms with Gasteiger partial charge in [0.05, 0.1) is 0 Å². The highest BCUT2D eigenvalue weighted by Gasteiger charge is 2.31. The van der Waals surface area contributed by atoms with Crippen molar-refractivity contribution in [1.82, 2.24) is 20.4 Å². The molecule has 2 aliphatic rings. The number of aromatic nitrogens is 2. The highest BCUT2D eigenvalue weighted by atomic mass is 19.1. The molecular formula is C18H21FN4O2. The van der Waals surface area contributed by atoms with Gasteiger partial charge in [-0.15, -0.1) is 0 Å². The van der Waals surface area contributed by atoms with Gasteiger partial charge in [-0.25, -0.2) is 9.18 Å². The number of amides is 2. The average Bonchev–Trinajstić information content (AvgIpc) is 3.18. The molecule has 1 N–H and O–H groups in total. The Morgan fingerprint density at radius 2 is 2.08 bits per heavy atom. The van der Waals surface area contributed by atoms with Gasteiger partial charge in [0.1, 0.15) is 5.82 Å². The van der Waals surface area contributed by atoms with E-state index in [4.69, 9.17) is 4.52 Å². The van der Waals surface area contributed by atoms with Gasteiger partial charge in [-0.05, 0) is 42.9 Å². The van der Waals surface area contributed by atoms with Crippen molar-refractivity contribution < 1.29 is 13.7 Å². The molecule has 1 aromatic carbocycles. The van der Waals surface area contributed by atoms with Crippen molar-refractivity contribution in [2.45, 2.75) is 38.1 Å². The zero-order valence-electron chi connectivity index (χ0n) is 13.9. The third kappa shape index (κ3) is 3.97. The van der Waals surface area contributed by atoms with Crippen molar-refractivity contribution >= 4 is 6.03 Å². The molecule has 2 fully saturated rings. The molecule has 6 nitrogen and oxygen atoms in total. The minimum atomic E-state index is -0.274. The topological polar surface area (TPSA) is 71.3 Å². The smallest absolute Gasteiger partial charge is 0.317 e. The summed E-state index contributed by atoms with van der Waals surface area (Å²) in [7, 11) is 0. The lowest BCUT2D eigenvalue weighted by Crippen LogP contribution is -2.38. The second-order valence-electron chi connectivity index (χ2n) is 6.91. The highest BCUT2D eigenvalue weighted by Crippen LogP contribution is 2.39. The SMILES string of the molecule is O=C(NCc1ccc(F)cc1)N1CCC(Cc2noc(C3CC3)n2)C1. The summed E-state index contributed by atoms with van der Waals surface area (Å²) in [6.07, 6.45) is 3.98. The van der Waals surface area contributed by atoms with Crippen LogP contribution >= 0.6 is 0 Å². The van der Waals surface area contributed by atoms with E-state index < -0.39 is 0 Å². The maximum Gasteiger partial charge on any atom is 0.317 e. The molecule has 7 heteroatoms. The van der Waals surface area contributed by atoms with Gasteiger partial charge < -0.3 is 14.7 Å². The van der Waals surface area contributed by atoms with E-state index in [9.17, 15) is 9.18 Å². The molecule has 1 saturated heterocycles. The number of rotatable bonds is 5. The van der Waals surface area contributed by atoms with Gasteiger partial charge in [-0.1, -0.05) is 17.3 Å². The monoisotopic (exact) mass is 344 g/mol. The van der Waals surface area contributed by atoms with Crippen LogP contribution < -0.4 is 5.32 Å². The summed E-state index contributed by atoms with van der Waals surface area (Å²) in [6, 6.07) is 6.06. The first-order chi connectivity index (χ1) is 12.2. The van der Waals surface area contributed by atoms with Crippen molar-refractivity contribution in [2.24, 2.45) is 5.92 Å². The van der Waals surface area contributed by atoms with Gasteiger partial charge in [0.15, 0.2) is 5.82 Å². The van der Waals surface area contributed by atoms with Crippen LogP contribution in [-0.2, 0) is 13.0 Å². The fourth-order valence-corrected chi connectivity index (χ4v) is 3.18. The first-order valence-corrected chi connectivity index (χ1v) is 8.77. The summed E-state index contributed by atoms with van der Waals surface area (Å²) in [6.45, 7) is 1.83. The number of benzene rings is 1. The third-order valence-electron chi connectivity index (χ3n) is 4.81. The summed E-state index contributed by atoms with van der Waals surface area (Å²) in [5, 5.41) is 6.94. The molecule has 1 unspecified atom stereocenters. The molecule has 1 aliphatic carbocycles. The van der Waals surface area contributed by atoms with Crippen LogP contribution in [0.5, 0.6) is 0 Å². The Hall–Kier alpha value is -2.44. The van der Waals surface area contributed by atoms with Crippen LogP contribution in [0.2, 0.25) is 0 Å². The quantitative estimate of drug-likeness (QED) is 0.905. The lowest BCUT2D eigenvalue weighted by molar-refractivity contribution is 0.206. The minimum absolute atomic E-state index is 0.0846. The predicted molar refractivity (Wildman–Crippen MR) is 88.3 cm³/mol. The van der Waals surface area contributed by atoms with Gasteiger partial charge >= 0.3 is 6.03 Å². The fourth-order valence-electron chi connectivity index (χ4n) is 3.18. The molecule has 1 atom stereocenters. The molecule has 2 aromatic rings. The standard InChI is InChI=1S/C18H21FN4O2/c19-15-5-1-12(2-6-15)10-20-18(24)23-8-7-13(11-23)9-16-21-17(25-22-16)14-3-4-14/h1-2,5-6,13-14H,3-4,7-11H2,(H,20,24). The Bertz CT molecular complexity index is 742. The highest BCUT2D eigenvalue weighted by molar-refractivity contribution is 5.74. The van der Waals surface area contributed by atoms with E-state index in [1.165, 1.54) is 12.1 Å². The summed E-state index contributed by atoms with van der Waals surface area (Å²) < 4.78 is 18.2. The molecule has 1 aromatic heterocycles. The molecular weight excluding hydrogens is 323 g/mol. The van der Waals surface area contributed by atoms with Gasteiger partial charge in [0, 0.05) is 32.0 Å². The van der Waals surface area contributed by atoms with Gasteiger partial charge in [0.25, 0.3) is 0 Å². The van der Waals surface area contributed by atoms with Crippen molar-refractivity contribution in [2.75, 3.05) is 13.1 Å². The van der Waals surface area contributed by atoms with E-state index >= 15 is 0 Å². The Morgan fingerprint density at radius 1 is 1.28 bits per heavy atom. The predicted octanol–water partition coefficient (Wildman–Crippen LogP) is 2.86. The van der Waals surface area contributed by atoms with E-state index in [1.807, 2.05) is 4.90 Å². The number of nitrogens with one attached hydrogen (secondary N) is 1. The number of nitrogens with zero attached hydrogens (tertiary/aromatic N) is 3. The van der Waals surface area contributed by atoms with E-state index in [1.54, 1.807) is 12.1 Å². The zero-order chi connectivity index (χ0) is 17.2. The van der Waals surface area contributed by atoms with Gasteiger partial charge in [-0.2, -0.15) is 4.98 Å². The zero-order valence-corrected chi connectivity index (χ0v) is 13.9. The summed E-state index contributed by atoms with van der Waals surface area (Å²) in [5.74, 6) is 2.07. The lowest BCUT2D eigenvalue weighted by atomic mass is 10.1. The molecule has 0 spiro atoms. The Balaban J connectivity index is 1.24. The van der Waals surface area contributed by atoms with Crippen molar-refractivity contribution in [3.8, 4) is 0 Å². The van der Waals surface area contributed by atoms with Crippen LogP contribution in [0.4, 0.5) is 9.18 Å². The number of hydrogen-bond donors (Lipinski definition) is 1. The fraction of sp³-hybridized carbons (Fsp3) is 0.500. The maximum atomic E-state index is 12.9. The number of carbonyl (C=O) groups excluding carboxylic acids is 1. The normalized spacial score (nSPS) is 20.0. The second kappa shape index (κ2) is 6.82. The largest absolute Gasteiger partial charge is 0.339 e.